The summed E-state index contributed by atoms with van der Waals surface area (Å²) in [5.41, 5.74) is 7.37. The van der Waals surface area contributed by atoms with Crippen LogP contribution in [0.2, 0.25) is 0 Å². The lowest BCUT2D eigenvalue weighted by Crippen LogP contribution is -2.13. The average Bonchev–Trinajstić information content (AvgIpc) is 3.09. The van der Waals surface area contributed by atoms with E-state index in [1.807, 2.05) is 42.7 Å². The number of methoxy groups -OCH3 is 1. The predicted molar refractivity (Wildman–Crippen MR) is 127 cm³/mol. The number of aliphatic hydroxyl groups excluding tert-OH is 1. The molecule has 1 N–H and O–H groups in total. The lowest BCUT2D eigenvalue weighted by atomic mass is 9.83. The molecule has 3 heteroatoms. The minimum atomic E-state index is -0.427. The van der Waals surface area contributed by atoms with Crippen molar-refractivity contribution in [3.8, 4) is 5.75 Å². The van der Waals surface area contributed by atoms with Crippen molar-refractivity contribution in [1.29, 1.82) is 0 Å². The number of ether oxygens (including phenoxy) is 1. The topological polar surface area (TPSA) is 42.4 Å². The first-order chi connectivity index (χ1) is 15.1. The number of nitrogens with zero attached hydrogens (tertiary/aromatic N) is 1. The molecular weight excluding hydrogens is 382 g/mol. The van der Waals surface area contributed by atoms with Crippen LogP contribution in [0.1, 0.15) is 43.2 Å². The van der Waals surface area contributed by atoms with Gasteiger partial charge in [-0.15, -0.1) is 0 Å². The Morgan fingerprint density at radius 2 is 1.97 bits per heavy atom. The van der Waals surface area contributed by atoms with Gasteiger partial charge in [0.25, 0.3) is 0 Å². The van der Waals surface area contributed by atoms with Gasteiger partial charge >= 0.3 is 0 Å². The van der Waals surface area contributed by atoms with Gasteiger partial charge in [-0.25, -0.2) is 0 Å². The molecule has 2 atom stereocenters. The number of hydrogen-bond donors (Lipinski definition) is 1. The average molecular weight is 414 g/mol. The van der Waals surface area contributed by atoms with Crippen LogP contribution >= 0.6 is 0 Å². The smallest absolute Gasteiger partial charge is 0.118 e. The Morgan fingerprint density at radius 3 is 2.71 bits per heavy atom. The number of pyridine rings is 1. The minimum absolute atomic E-state index is 0.427. The van der Waals surface area contributed by atoms with Crippen molar-refractivity contribution >= 4 is 5.57 Å². The van der Waals surface area contributed by atoms with E-state index in [4.69, 9.17) is 4.74 Å². The Kier molecular flexibility index (Phi) is 6.83. The molecule has 0 saturated heterocycles. The highest BCUT2D eigenvalue weighted by atomic mass is 16.5. The Morgan fingerprint density at radius 1 is 1.13 bits per heavy atom. The number of rotatable bonds is 6. The third-order valence-electron chi connectivity index (χ3n) is 6.37. The first kappa shape index (κ1) is 21.3. The van der Waals surface area contributed by atoms with Crippen LogP contribution in [0.25, 0.3) is 5.57 Å². The van der Waals surface area contributed by atoms with E-state index in [9.17, 15) is 5.11 Å². The second-order valence-electron chi connectivity index (χ2n) is 8.46. The molecule has 2 aliphatic carbocycles. The molecule has 1 aromatic carbocycles. The van der Waals surface area contributed by atoms with Gasteiger partial charge in [-0.2, -0.15) is 0 Å². The minimum Gasteiger partial charge on any atom is -0.497 e. The van der Waals surface area contributed by atoms with Crippen LogP contribution in [-0.4, -0.2) is 23.3 Å². The first-order valence-corrected chi connectivity index (χ1v) is 11.1. The van der Waals surface area contributed by atoms with Gasteiger partial charge in [-0.3, -0.25) is 4.98 Å². The van der Waals surface area contributed by atoms with Crippen LogP contribution < -0.4 is 4.74 Å². The van der Waals surface area contributed by atoms with Crippen molar-refractivity contribution < 1.29 is 9.84 Å². The summed E-state index contributed by atoms with van der Waals surface area (Å²) in [6, 6.07) is 12.1. The molecule has 2 unspecified atom stereocenters. The summed E-state index contributed by atoms with van der Waals surface area (Å²) < 4.78 is 5.22. The van der Waals surface area contributed by atoms with Crippen molar-refractivity contribution in [2.75, 3.05) is 7.11 Å². The van der Waals surface area contributed by atoms with Crippen LogP contribution in [0.3, 0.4) is 0 Å². The second kappa shape index (κ2) is 9.93. The molecule has 0 radical (unpaired) electrons. The van der Waals surface area contributed by atoms with Crippen molar-refractivity contribution in [2.45, 2.75) is 44.6 Å². The molecule has 1 aromatic heterocycles. The fraction of sp³-hybridized carbons (Fsp3) is 0.321. The Hall–Kier alpha value is -2.91. The summed E-state index contributed by atoms with van der Waals surface area (Å²) >= 11 is 0. The van der Waals surface area contributed by atoms with Gasteiger partial charge < -0.3 is 9.84 Å². The zero-order valence-corrected chi connectivity index (χ0v) is 18.3. The van der Waals surface area contributed by atoms with E-state index < -0.39 is 6.10 Å². The molecule has 2 aromatic rings. The van der Waals surface area contributed by atoms with Gasteiger partial charge in [-0.05, 0) is 96.1 Å². The van der Waals surface area contributed by atoms with E-state index in [0.717, 1.165) is 42.6 Å². The molecule has 0 fully saturated rings. The fourth-order valence-electron chi connectivity index (χ4n) is 4.70. The molecule has 3 nitrogen and oxygen atoms in total. The summed E-state index contributed by atoms with van der Waals surface area (Å²) in [5.74, 6) is 1.30. The zero-order valence-electron chi connectivity index (χ0n) is 18.3. The normalized spacial score (nSPS) is 19.9. The van der Waals surface area contributed by atoms with Crippen LogP contribution in [0.15, 0.2) is 90.3 Å². The number of hydrogen-bond acceptors (Lipinski definition) is 3. The number of aliphatic hydroxyl groups is 1. The lowest BCUT2D eigenvalue weighted by Gasteiger charge is -2.22. The third-order valence-corrected chi connectivity index (χ3v) is 6.37. The standard InChI is InChI=1S/C28H31NO2/c1-20-22(18-26(30)16-21-11-13-27(31-2)14-12-21)6-3-8-24-17-23(7-4-10-28(20)24)25-9-5-15-29-19-25/h5-7,9-15,19,24,26,30H,1,3-4,8,16-18H2,2H3. The SMILES string of the molecule is C=C1C(CC(O)Cc2ccc(OC)cc2)=CCCC2CC(c3cccnc3)=CCC=C12. The van der Waals surface area contributed by atoms with Crippen molar-refractivity contribution in [3.63, 3.8) is 0 Å². The summed E-state index contributed by atoms with van der Waals surface area (Å²) in [4.78, 5) is 4.30. The number of aromatic nitrogens is 1. The van der Waals surface area contributed by atoms with Gasteiger partial charge in [0, 0.05) is 12.4 Å². The molecule has 0 amide bonds. The molecule has 160 valence electrons. The number of allylic oxidation sites excluding steroid dienone is 6. The highest BCUT2D eigenvalue weighted by Crippen LogP contribution is 2.41. The van der Waals surface area contributed by atoms with Gasteiger partial charge in [0.1, 0.15) is 5.75 Å². The lowest BCUT2D eigenvalue weighted by molar-refractivity contribution is 0.176. The molecule has 2 aliphatic rings. The number of benzene rings is 1. The molecule has 1 heterocycles. The predicted octanol–water partition coefficient (Wildman–Crippen LogP) is 6.08. The number of fused-ring (bicyclic) bond motifs is 1. The van der Waals surface area contributed by atoms with E-state index in [-0.39, 0.29) is 0 Å². The Bertz CT molecular complexity index is 999. The second-order valence-corrected chi connectivity index (χ2v) is 8.46. The maximum atomic E-state index is 10.8. The molecular formula is C28H31NO2. The van der Waals surface area contributed by atoms with E-state index in [1.54, 1.807) is 7.11 Å². The van der Waals surface area contributed by atoms with E-state index in [0.29, 0.717) is 18.8 Å². The first-order valence-electron chi connectivity index (χ1n) is 11.1. The van der Waals surface area contributed by atoms with Crippen LogP contribution in [0.5, 0.6) is 5.75 Å². The summed E-state index contributed by atoms with van der Waals surface area (Å²) in [6.45, 7) is 4.46. The van der Waals surface area contributed by atoms with E-state index >= 15 is 0 Å². The van der Waals surface area contributed by atoms with Crippen LogP contribution in [0.4, 0.5) is 0 Å². The van der Waals surface area contributed by atoms with Gasteiger partial charge in [0.05, 0.1) is 13.2 Å². The molecule has 0 bridgehead atoms. The monoisotopic (exact) mass is 413 g/mol. The van der Waals surface area contributed by atoms with Crippen molar-refractivity contribution in [3.05, 3.63) is 101 Å². The molecule has 0 aliphatic heterocycles. The van der Waals surface area contributed by atoms with Gasteiger partial charge in [0.15, 0.2) is 0 Å². The van der Waals surface area contributed by atoms with Crippen LogP contribution in [-0.2, 0) is 6.42 Å². The highest BCUT2D eigenvalue weighted by molar-refractivity contribution is 5.67. The van der Waals surface area contributed by atoms with Crippen molar-refractivity contribution in [1.82, 2.24) is 4.98 Å². The quantitative estimate of drug-likeness (QED) is 0.624. The Balaban J connectivity index is 1.42. The summed E-state index contributed by atoms with van der Waals surface area (Å²) in [6.07, 6.45) is 15.6. The van der Waals surface area contributed by atoms with Gasteiger partial charge in [-0.1, -0.05) is 43.0 Å². The third kappa shape index (κ3) is 5.23. The maximum Gasteiger partial charge on any atom is 0.118 e. The zero-order chi connectivity index (χ0) is 21.6. The largest absolute Gasteiger partial charge is 0.497 e. The highest BCUT2D eigenvalue weighted by Gasteiger charge is 2.25. The molecule has 31 heavy (non-hydrogen) atoms. The van der Waals surface area contributed by atoms with Crippen molar-refractivity contribution in [2.24, 2.45) is 5.92 Å². The molecule has 0 spiro atoms. The van der Waals surface area contributed by atoms with E-state index in [2.05, 4.69) is 35.9 Å². The Labute approximate surface area is 185 Å². The van der Waals surface area contributed by atoms with Gasteiger partial charge in [0.2, 0.25) is 0 Å². The molecule has 0 saturated carbocycles. The maximum absolute atomic E-state index is 10.8. The fourth-order valence-corrected chi connectivity index (χ4v) is 4.70. The molecule has 4 rings (SSSR count). The van der Waals surface area contributed by atoms with Crippen LogP contribution in [0, 0.1) is 5.92 Å². The summed E-state index contributed by atoms with van der Waals surface area (Å²) in [5, 5.41) is 10.8. The summed E-state index contributed by atoms with van der Waals surface area (Å²) in [7, 11) is 1.67. The van der Waals surface area contributed by atoms with E-state index in [1.165, 1.54) is 22.3 Å².